The molecule has 5 aliphatic heterocycles. The second-order valence-corrected chi connectivity index (χ2v) is 22.6. The summed E-state index contributed by atoms with van der Waals surface area (Å²) in [5, 5.41) is 117. The average molecular weight is 987 g/mol. The highest BCUT2D eigenvalue weighted by Gasteiger charge is 2.68. The molecule has 21 heteroatoms. The van der Waals surface area contributed by atoms with Crippen LogP contribution in [0.5, 0.6) is 0 Å². The van der Waals surface area contributed by atoms with Gasteiger partial charge in [-0.1, -0.05) is 25.5 Å². The lowest BCUT2D eigenvalue weighted by Crippen LogP contribution is -2.66. The molecule has 0 spiro atoms. The fourth-order valence-corrected chi connectivity index (χ4v) is 14.8. The standard InChI is InChI=1S/C48H74O21/c1-19(51)63-31-13-21(12-20-6-7-22-24-8-9-25(45(24,2)11-10-26(22)48(20,31)5)23-14-46(3)44(60)68-27(23)15-47(46,4)61)64-43-40(69-42-39(59)36(56)33(53)29(17-50)66-42)37(57)34(54)30(67-43)18-62-41-38(58)35(55)32(52)28(16-49)65-41/h6,21-43,49-50,52-59,61H,7-18H2,1-5H3/t21-,22+,23-,24+,25-,26+,27-,28-,29-,30-,31+,32-,33-,34-,35+,36+,37+,38-,39-,40-,41-,42+,43-,45+,46+,47-,48+/m1/s1. The Balaban J connectivity index is 0.960. The molecule has 0 aromatic rings. The van der Waals surface area contributed by atoms with Crippen LogP contribution in [0, 0.1) is 45.8 Å². The van der Waals surface area contributed by atoms with Gasteiger partial charge in [-0.15, -0.1) is 0 Å². The summed E-state index contributed by atoms with van der Waals surface area (Å²) in [5.74, 6) is 0.374. The minimum Gasteiger partial charge on any atom is -0.462 e. The zero-order valence-electron chi connectivity index (χ0n) is 39.8. The van der Waals surface area contributed by atoms with Crippen LogP contribution in [0.2, 0.25) is 0 Å². The van der Waals surface area contributed by atoms with Crippen molar-refractivity contribution in [3.05, 3.63) is 11.6 Å². The smallest absolute Gasteiger partial charge is 0.315 e. The van der Waals surface area contributed by atoms with Crippen LogP contribution in [0.3, 0.4) is 0 Å². The zero-order chi connectivity index (χ0) is 49.9. The third-order valence-electron chi connectivity index (χ3n) is 19.0. The highest BCUT2D eigenvalue weighted by Crippen LogP contribution is 2.70. The Morgan fingerprint density at radius 3 is 1.93 bits per heavy atom. The van der Waals surface area contributed by atoms with E-state index in [1.54, 1.807) is 6.92 Å². The quantitative estimate of drug-likeness (QED) is 0.0790. The van der Waals surface area contributed by atoms with Crippen LogP contribution >= 0.6 is 0 Å². The van der Waals surface area contributed by atoms with E-state index in [1.165, 1.54) is 6.92 Å². The fraction of sp³-hybridized carbons (Fsp3) is 0.917. The number of hydrogen-bond donors (Lipinski definition) is 11. The molecule has 9 fully saturated rings. The molecule has 5 saturated heterocycles. The molecule has 392 valence electrons. The van der Waals surface area contributed by atoms with Gasteiger partial charge in [-0.05, 0) is 87.9 Å². The zero-order valence-corrected chi connectivity index (χ0v) is 39.8. The van der Waals surface area contributed by atoms with Crippen LogP contribution < -0.4 is 0 Å². The normalized spacial score (nSPS) is 55.0. The summed E-state index contributed by atoms with van der Waals surface area (Å²) in [5.41, 5.74) is -1.73. The van der Waals surface area contributed by atoms with Crippen molar-refractivity contribution >= 4 is 11.9 Å². The highest BCUT2D eigenvalue weighted by atomic mass is 16.8. The summed E-state index contributed by atoms with van der Waals surface area (Å²) >= 11 is 0. The predicted octanol–water partition coefficient (Wildman–Crippen LogP) is -1.97. The molecule has 2 bridgehead atoms. The Bertz CT molecular complexity index is 1910. The SMILES string of the molecule is CC(=O)O[C@H]1C[C@H](O[C@@H]2O[C@H](CO[C@@H]3O[C@H](CO)[C@@H](O)[C@H](O)[C@H]3O)[C@@H](O)[C@H](O)[C@H]2O[C@@H]2O[C@H](CO)[C@@H](O)[C@H](O)[C@H]2O)CC2=CC[C@H]3[C@@H]4CC[C@H]([C@H]5C[C@@]6(C)C(=O)O[C@@H]5C[C@@]6(C)O)[C@@]4(C)CC[C@@H]3[C@]21C. The Hall–Kier alpha value is -2.00. The van der Waals surface area contributed by atoms with Gasteiger partial charge in [0.2, 0.25) is 0 Å². The maximum Gasteiger partial charge on any atom is 0.315 e. The van der Waals surface area contributed by atoms with Crippen LogP contribution in [0.1, 0.15) is 92.4 Å². The molecule has 5 heterocycles. The van der Waals surface area contributed by atoms with E-state index in [0.717, 1.165) is 37.7 Å². The van der Waals surface area contributed by atoms with E-state index in [4.69, 9.17) is 37.9 Å². The first kappa shape index (κ1) is 51.9. The van der Waals surface area contributed by atoms with Crippen LogP contribution in [0.15, 0.2) is 11.6 Å². The van der Waals surface area contributed by atoms with E-state index in [2.05, 4.69) is 19.9 Å². The molecule has 5 aliphatic carbocycles. The molecule has 11 N–H and O–H groups in total. The van der Waals surface area contributed by atoms with Crippen molar-refractivity contribution in [3.63, 3.8) is 0 Å². The van der Waals surface area contributed by atoms with Gasteiger partial charge < -0.3 is 94.1 Å². The number of ether oxygens (including phenoxy) is 8. The van der Waals surface area contributed by atoms with Crippen LogP contribution in [0.25, 0.3) is 0 Å². The number of fused-ring (bicyclic) bond motifs is 8. The molecule has 69 heavy (non-hydrogen) atoms. The van der Waals surface area contributed by atoms with E-state index in [-0.39, 0.29) is 41.7 Å². The number of allylic oxidation sites excluding steroid dienone is 1. The summed E-state index contributed by atoms with van der Waals surface area (Å²) in [6.07, 6.45) is -18.7. The van der Waals surface area contributed by atoms with Gasteiger partial charge in [-0.25, -0.2) is 0 Å². The maximum atomic E-state index is 13.1. The predicted molar refractivity (Wildman–Crippen MR) is 231 cm³/mol. The van der Waals surface area contributed by atoms with Crippen molar-refractivity contribution in [3.8, 4) is 0 Å². The molecule has 0 aromatic carbocycles. The Morgan fingerprint density at radius 2 is 1.30 bits per heavy atom. The van der Waals surface area contributed by atoms with E-state index in [0.29, 0.717) is 31.1 Å². The molecule has 0 amide bonds. The first-order chi connectivity index (χ1) is 32.5. The summed E-state index contributed by atoms with van der Waals surface area (Å²) in [6.45, 7) is 7.40. The third kappa shape index (κ3) is 8.53. The van der Waals surface area contributed by atoms with Gasteiger partial charge in [-0.2, -0.15) is 0 Å². The third-order valence-corrected chi connectivity index (χ3v) is 19.0. The fourth-order valence-electron chi connectivity index (χ4n) is 14.8. The number of hydrogen-bond acceptors (Lipinski definition) is 21. The number of carbonyl (C=O) groups is 2. The van der Waals surface area contributed by atoms with E-state index >= 15 is 0 Å². The van der Waals surface area contributed by atoms with Gasteiger partial charge in [0, 0.05) is 31.1 Å². The van der Waals surface area contributed by atoms with Crippen molar-refractivity contribution < 1.29 is 104 Å². The second kappa shape index (κ2) is 19.0. The van der Waals surface area contributed by atoms with Gasteiger partial charge in [0.05, 0.1) is 36.9 Å². The lowest BCUT2D eigenvalue weighted by Gasteiger charge is -2.62. The molecular weight excluding hydrogens is 913 g/mol. The van der Waals surface area contributed by atoms with E-state index in [1.807, 2.05) is 6.92 Å². The molecule has 0 unspecified atom stereocenters. The molecule has 21 nitrogen and oxygen atoms in total. The van der Waals surface area contributed by atoms with Gasteiger partial charge in [0.15, 0.2) is 18.9 Å². The highest BCUT2D eigenvalue weighted by molar-refractivity contribution is 5.80. The molecule has 27 atom stereocenters. The number of rotatable bonds is 11. The number of aliphatic hydroxyl groups excluding tert-OH is 10. The number of aliphatic hydroxyl groups is 11. The van der Waals surface area contributed by atoms with E-state index in [9.17, 15) is 65.8 Å². The molecule has 0 aromatic heterocycles. The van der Waals surface area contributed by atoms with Crippen molar-refractivity contribution in [1.82, 2.24) is 0 Å². The summed E-state index contributed by atoms with van der Waals surface area (Å²) in [7, 11) is 0. The van der Waals surface area contributed by atoms with Crippen molar-refractivity contribution in [2.75, 3.05) is 19.8 Å². The first-order valence-corrected chi connectivity index (χ1v) is 24.8. The average Bonchev–Trinajstić information content (AvgIpc) is 3.65. The van der Waals surface area contributed by atoms with Crippen LogP contribution in [-0.2, 0) is 47.5 Å². The topological polar surface area (TPSA) is 331 Å². The van der Waals surface area contributed by atoms with Gasteiger partial charge in [0.1, 0.15) is 85.5 Å². The Labute approximate surface area is 400 Å². The number of carbonyl (C=O) groups excluding carboxylic acids is 2. The van der Waals surface area contributed by atoms with Crippen molar-refractivity contribution in [2.24, 2.45) is 45.8 Å². The second-order valence-electron chi connectivity index (χ2n) is 22.6. The minimum atomic E-state index is -1.90. The summed E-state index contributed by atoms with van der Waals surface area (Å²) in [6, 6.07) is 0. The van der Waals surface area contributed by atoms with Crippen molar-refractivity contribution in [2.45, 2.75) is 208 Å². The largest absolute Gasteiger partial charge is 0.462 e. The van der Waals surface area contributed by atoms with Crippen molar-refractivity contribution in [1.29, 1.82) is 0 Å². The molecule has 10 aliphatic rings. The summed E-state index contributed by atoms with van der Waals surface area (Å²) in [4.78, 5) is 26.1. The molecular formula is C48H74O21. The Kier molecular flexibility index (Phi) is 14.3. The van der Waals surface area contributed by atoms with Gasteiger partial charge >= 0.3 is 11.9 Å². The summed E-state index contributed by atoms with van der Waals surface area (Å²) < 4.78 is 48.0. The molecule has 4 saturated carbocycles. The lowest BCUT2D eigenvalue weighted by atomic mass is 9.45. The maximum absolute atomic E-state index is 13.1. The number of esters is 2. The monoisotopic (exact) mass is 986 g/mol. The van der Waals surface area contributed by atoms with Gasteiger partial charge in [-0.3, -0.25) is 9.59 Å². The first-order valence-electron chi connectivity index (χ1n) is 24.8. The van der Waals surface area contributed by atoms with E-state index < -0.39 is 147 Å². The minimum absolute atomic E-state index is 0.0420. The molecule has 10 rings (SSSR count). The lowest BCUT2D eigenvalue weighted by molar-refractivity contribution is -0.377. The van der Waals surface area contributed by atoms with Gasteiger partial charge in [0.25, 0.3) is 0 Å². The van der Waals surface area contributed by atoms with Crippen LogP contribution in [0.4, 0.5) is 0 Å². The Morgan fingerprint density at radius 1 is 0.710 bits per heavy atom. The van der Waals surface area contributed by atoms with Crippen LogP contribution in [-0.4, -0.2) is 204 Å². The molecule has 0 radical (unpaired) electrons.